The van der Waals surface area contributed by atoms with E-state index < -0.39 is 0 Å². The Labute approximate surface area is 80.1 Å². The predicted molar refractivity (Wildman–Crippen MR) is 51.5 cm³/mol. The van der Waals surface area contributed by atoms with E-state index in [0.29, 0.717) is 5.56 Å². The number of nitrogens with two attached hydrogens (primary N) is 1. The highest BCUT2D eigenvalue weighted by Gasteiger charge is 2.02. The molecule has 0 heterocycles. The quantitative estimate of drug-likeness (QED) is 0.797. The van der Waals surface area contributed by atoms with Gasteiger partial charge in [0.1, 0.15) is 6.07 Å². The summed E-state index contributed by atoms with van der Waals surface area (Å²) in [6.07, 6.45) is 0. The first kappa shape index (κ1) is 9.24. The second-order valence-corrected chi connectivity index (χ2v) is 3.49. The number of nitrogens with zero attached hydrogens (tertiary/aromatic N) is 1. The van der Waals surface area contributed by atoms with E-state index in [1.54, 1.807) is 6.07 Å². The van der Waals surface area contributed by atoms with Gasteiger partial charge < -0.3 is 5.73 Å². The average molecular weight is 225 g/mol. The molecule has 1 rings (SSSR count). The third kappa shape index (κ3) is 1.84. The Morgan fingerprint density at radius 1 is 1.58 bits per heavy atom. The van der Waals surface area contributed by atoms with Gasteiger partial charge in [-0.25, -0.2) is 0 Å². The standard InChI is InChI=1S/C9H9BrN2/c1-6(12)7-2-3-8(5-11)9(10)4-7/h2-4,6H,12H2,1H3/t6-/m1/s1. The van der Waals surface area contributed by atoms with Gasteiger partial charge in [0.05, 0.1) is 5.56 Å². The van der Waals surface area contributed by atoms with E-state index in [-0.39, 0.29) is 6.04 Å². The van der Waals surface area contributed by atoms with Crippen molar-refractivity contribution in [3.63, 3.8) is 0 Å². The van der Waals surface area contributed by atoms with Crippen LogP contribution < -0.4 is 5.73 Å². The minimum absolute atomic E-state index is 0.00837. The highest BCUT2D eigenvalue weighted by molar-refractivity contribution is 9.10. The molecular formula is C9H9BrN2. The number of nitriles is 1. The first-order chi connectivity index (χ1) is 5.65. The molecule has 2 N–H and O–H groups in total. The monoisotopic (exact) mass is 224 g/mol. The zero-order chi connectivity index (χ0) is 9.14. The Hall–Kier alpha value is -0.850. The lowest BCUT2D eigenvalue weighted by Gasteiger charge is -2.05. The van der Waals surface area contributed by atoms with E-state index in [1.165, 1.54) is 0 Å². The van der Waals surface area contributed by atoms with Crippen molar-refractivity contribution in [2.75, 3.05) is 0 Å². The number of hydrogen-bond donors (Lipinski definition) is 1. The molecule has 62 valence electrons. The Morgan fingerprint density at radius 2 is 2.25 bits per heavy atom. The summed E-state index contributed by atoms with van der Waals surface area (Å²) in [6.45, 7) is 1.91. The molecule has 12 heavy (non-hydrogen) atoms. The van der Waals surface area contributed by atoms with Gasteiger partial charge in [0.2, 0.25) is 0 Å². The van der Waals surface area contributed by atoms with Gasteiger partial charge in [-0.3, -0.25) is 0 Å². The third-order valence-electron chi connectivity index (χ3n) is 1.64. The minimum Gasteiger partial charge on any atom is -0.324 e. The van der Waals surface area contributed by atoms with Gasteiger partial charge in [-0.2, -0.15) is 5.26 Å². The highest BCUT2D eigenvalue weighted by Crippen LogP contribution is 2.20. The molecule has 0 aliphatic carbocycles. The fraction of sp³-hybridized carbons (Fsp3) is 0.222. The normalized spacial score (nSPS) is 12.2. The first-order valence-corrected chi connectivity index (χ1v) is 4.39. The number of rotatable bonds is 1. The van der Waals surface area contributed by atoms with Crippen molar-refractivity contribution in [2.45, 2.75) is 13.0 Å². The predicted octanol–water partition coefficient (Wildman–Crippen LogP) is 2.34. The Morgan fingerprint density at radius 3 is 2.67 bits per heavy atom. The molecule has 0 amide bonds. The molecular weight excluding hydrogens is 216 g/mol. The summed E-state index contributed by atoms with van der Waals surface area (Å²) < 4.78 is 0.805. The van der Waals surface area contributed by atoms with E-state index in [4.69, 9.17) is 11.0 Å². The molecule has 0 spiro atoms. The number of halogens is 1. The van der Waals surface area contributed by atoms with Crippen LogP contribution in [0, 0.1) is 11.3 Å². The van der Waals surface area contributed by atoms with E-state index in [0.717, 1.165) is 10.0 Å². The van der Waals surface area contributed by atoms with Crippen LogP contribution in [-0.4, -0.2) is 0 Å². The van der Waals surface area contributed by atoms with Crippen LogP contribution in [0.3, 0.4) is 0 Å². The molecule has 3 heteroatoms. The second-order valence-electron chi connectivity index (χ2n) is 2.64. The minimum atomic E-state index is 0.00837. The molecule has 0 saturated carbocycles. The van der Waals surface area contributed by atoms with Gasteiger partial charge in [-0.1, -0.05) is 6.07 Å². The lowest BCUT2D eigenvalue weighted by molar-refractivity contribution is 0.817. The average Bonchev–Trinajstić information content (AvgIpc) is 2.04. The molecule has 0 fully saturated rings. The van der Waals surface area contributed by atoms with Crippen LogP contribution in [0.5, 0.6) is 0 Å². The van der Waals surface area contributed by atoms with Crippen LogP contribution in [0.15, 0.2) is 22.7 Å². The summed E-state index contributed by atoms with van der Waals surface area (Å²) in [5, 5.41) is 8.64. The van der Waals surface area contributed by atoms with Crippen LogP contribution >= 0.6 is 15.9 Å². The van der Waals surface area contributed by atoms with Gasteiger partial charge in [-0.05, 0) is 40.5 Å². The maximum Gasteiger partial charge on any atom is 0.100 e. The van der Waals surface area contributed by atoms with E-state index in [9.17, 15) is 0 Å². The lowest BCUT2D eigenvalue weighted by Crippen LogP contribution is -2.04. The largest absolute Gasteiger partial charge is 0.324 e. The molecule has 2 nitrogen and oxygen atoms in total. The van der Waals surface area contributed by atoms with Crippen LogP contribution in [0.4, 0.5) is 0 Å². The molecule has 0 aromatic heterocycles. The maximum atomic E-state index is 8.64. The molecule has 1 aromatic carbocycles. The van der Waals surface area contributed by atoms with Crippen LogP contribution in [0.2, 0.25) is 0 Å². The maximum absolute atomic E-state index is 8.64. The molecule has 0 aliphatic rings. The topological polar surface area (TPSA) is 49.8 Å². The van der Waals surface area contributed by atoms with E-state index in [1.807, 2.05) is 19.1 Å². The van der Waals surface area contributed by atoms with Crippen molar-refractivity contribution in [3.05, 3.63) is 33.8 Å². The fourth-order valence-corrected chi connectivity index (χ4v) is 1.39. The van der Waals surface area contributed by atoms with Crippen LogP contribution in [-0.2, 0) is 0 Å². The van der Waals surface area contributed by atoms with Gasteiger partial charge in [-0.15, -0.1) is 0 Å². The number of hydrogen-bond acceptors (Lipinski definition) is 2. The summed E-state index contributed by atoms with van der Waals surface area (Å²) in [6, 6.07) is 7.60. The van der Waals surface area contributed by atoms with Crippen LogP contribution in [0.25, 0.3) is 0 Å². The van der Waals surface area contributed by atoms with Crippen LogP contribution in [0.1, 0.15) is 24.1 Å². The molecule has 0 radical (unpaired) electrons. The third-order valence-corrected chi connectivity index (χ3v) is 2.30. The Balaban J connectivity index is 3.12. The van der Waals surface area contributed by atoms with Gasteiger partial charge in [0.15, 0.2) is 0 Å². The summed E-state index contributed by atoms with van der Waals surface area (Å²) in [5.74, 6) is 0. The second kappa shape index (κ2) is 3.70. The molecule has 0 saturated heterocycles. The van der Waals surface area contributed by atoms with Crippen molar-refractivity contribution in [1.82, 2.24) is 0 Å². The first-order valence-electron chi connectivity index (χ1n) is 3.60. The number of benzene rings is 1. The van der Waals surface area contributed by atoms with Crippen molar-refractivity contribution in [1.29, 1.82) is 5.26 Å². The van der Waals surface area contributed by atoms with Gasteiger partial charge >= 0.3 is 0 Å². The van der Waals surface area contributed by atoms with E-state index >= 15 is 0 Å². The van der Waals surface area contributed by atoms with Gasteiger partial charge in [0, 0.05) is 10.5 Å². The fourth-order valence-electron chi connectivity index (χ4n) is 0.905. The van der Waals surface area contributed by atoms with Crippen molar-refractivity contribution >= 4 is 15.9 Å². The lowest BCUT2D eigenvalue weighted by atomic mass is 10.1. The molecule has 0 aliphatic heterocycles. The molecule has 1 aromatic rings. The molecule has 0 bridgehead atoms. The molecule has 1 atom stereocenters. The van der Waals surface area contributed by atoms with E-state index in [2.05, 4.69) is 22.0 Å². The Kier molecular flexibility index (Phi) is 2.85. The summed E-state index contributed by atoms with van der Waals surface area (Å²) in [4.78, 5) is 0. The van der Waals surface area contributed by atoms with Crippen molar-refractivity contribution in [3.8, 4) is 6.07 Å². The highest BCUT2D eigenvalue weighted by atomic mass is 79.9. The summed E-state index contributed by atoms with van der Waals surface area (Å²) >= 11 is 3.30. The van der Waals surface area contributed by atoms with Crippen molar-refractivity contribution < 1.29 is 0 Å². The zero-order valence-corrected chi connectivity index (χ0v) is 8.30. The summed E-state index contributed by atoms with van der Waals surface area (Å²) in [7, 11) is 0. The summed E-state index contributed by atoms with van der Waals surface area (Å²) in [5.41, 5.74) is 7.34. The SMILES string of the molecule is C[C@@H](N)c1ccc(C#N)c(Br)c1. The Bertz CT molecular complexity index is 326. The zero-order valence-electron chi connectivity index (χ0n) is 6.71. The smallest absolute Gasteiger partial charge is 0.100 e. The van der Waals surface area contributed by atoms with Gasteiger partial charge in [0.25, 0.3) is 0 Å². The van der Waals surface area contributed by atoms with Crippen molar-refractivity contribution in [2.24, 2.45) is 5.73 Å². The molecule has 0 unspecified atom stereocenters.